The highest BCUT2D eigenvalue weighted by Gasteiger charge is 2.11. The second-order valence-corrected chi connectivity index (χ2v) is 5.84. The van der Waals surface area contributed by atoms with Crippen LogP contribution in [0.4, 0.5) is 8.78 Å². The summed E-state index contributed by atoms with van der Waals surface area (Å²) in [5, 5.41) is 8.55. The minimum absolute atomic E-state index is 0.0549. The van der Waals surface area contributed by atoms with Crippen molar-refractivity contribution in [2.24, 2.45) is 0 Å². The lowest BCUT2D eigenvalue weighted by Gasteiger charge is -2.00. The van der Waals surface area contributed by atoms with Gasteiger partial charge in [0.25, 0.3) is 0 Å². The highest BCUT2D eigenvalue weighted by atomic mass is 79.9. The van der Waals surface area contributed by atoms with Crippen molar-refractivity contribution in [3.63, 3.8) is 0 Å². The van der Waals surface area contributed by atoms with Crippen LogP contribution < -0.4 is 0 Å². The number of benzene rings is 2. The lowest BCUT2D eigenvalue weighted by Crippen LogP contribution is -2.03. The minimum Gasteiger partial charge on any atom is -0.465 e. The summed E-state index contributed by atoms with van der Waals surface area (Å²) >= 11 is 6.18. The number of ether oxygens (including phenoxy) is 1. The van der Waals surface area contributed by atoms with Crippen LogP contribution in [0.25, 0.3) is 0 Å². The summed E-state index contributed by atoms with van der Waals surface area (Å²) in [4.78, 5) is 10.9. The molecule has 3 nitrogen and oxygen atoms in total. The number of hydrogen-bond donors (Lipinski definition) is 1. The number of halogens is 4. The van der Waals surface area contributed by atoms with E-state index < -0.39 is 11.8 Å². The van der Waals surface area contributed by atoms with Gasteiger partial charge in [-0.3, -0.25) is 0 Å². The number of methoxy groups -OCH3 is 1. The van der Waals surface area contributed by atoms with Crippen LogP contribution in [0.15, 0.2) is 45.3 Å². The van der Waals surface area contributed by atoms with E-state index in [2.05, 4.69) is 36.6 Å². The fourth-order valence-electron chi connectivity index (χ4n) is 1.41. The van der Waals surface area contributed by atoms with Crippen LogP contribution >= 0.6 is 31.9 Å². The maximum absolute atomic E-state index is 13.0. The molecule has 2 aromatic carbocycles. The monoisotopic (exact) mass is 436 g/mol. The van der Waals surface area contributed by atoms with Gasteiger partial charge in [-0.25, -0.2) is 13.6 Å². The van der Waals surface area contributed by atoms with Crippen LogP contribution in [-0.2, 0) is 11.3 Å². The molecule has 0 spiro atoms. The molecular formula is C15H12Br2F2O3. The molecule has 0 atom stereocenters. The Morgan fingerprint density at radius 1 is 1.09 bits per heavy atom. The van der Waals surface area contributed by atoms with Gasteiger partial charge in [0, 0.05) is 14.5 Å². The second kappa shape index (κ2) is 8.97. The van der Waals surface area contributed by atoms with Gasteiger partial charge >= 0.3 is 5.97 Å². The van der Waals surface area contributed by atoms with Crippen molar-refractivity contribution in [2.75, 3.05) is 7.11 Å². The molecule has 22 heavy (non-hydrogen) atoms. The Labute approximate surface area is 143 Å². The molecule has 2 aromatic rings. The van der Waals surface area contributed by atoms with Crippen molar-refractivity contribution >= 4 is 37.8 Å². The Kier molecular flexibility index (Phi) is 7.64. The van der Waals surface area contributed by atoms with Gasteiger partial charge in [0.2, 0.25) is 0 Å². The SMILES string of the molecule is COC(=O)c1ccc(Br)cc1F.OCc1ccc(Br)cc1F. The van der Waals surface area contributed by atoms with Crippen molar-refractivity contribution in [1.82, 2.24) is 0 Å². The van der Waals surface area contributed by atoms with E-state index in [1.807, 2.05) is 0 Å². The fraction of sp³-hybridized carbons (Fsp3) is 0.133. The van der Waals surface area contributed by atoms with E-state index in [1.54, 1.807) is 18.2 Å². The lowest BCUT2D eigenvalue weighted by molar-refractivity contribution is 0.0595. The number of hydrogen-bond acceptors (Lipinski definition) is 3. The molecule has 7 heteroatoms. The van der Waals surface area contributed by atoms with E-state index >= 15 is 0 Å². The second-order valence-electron chi connectivity index (χ2n) is 4.01. The Balaban J connectivity index is 0.000000224. The van der Waals surface area contributed by atoms with Gasteiger partial charge in [0.05, 0.1) is 19.3 Å². The lowest BCUT2D eigenvalue weighted by atomic mass is 10.2. The third kappa shape index (κ3) is 5.47. The molecule has 0 unspecified atom stereocenters. The van der Waals surface area contributed by atoms with Crippen LogP contribution in [0.2, 0.25) is 0 Å². The molecule has 0 aliphatic rings. The zero-order chi connectivity index (χ0) is 16.7. The topological polar surface area (TPSA) is 46.5 Å². The summed E-state index contributed by atoms with van der Waals surface area (Å²) in [6, 6.07) is 8.71. The third-order valence-electron chi connectivity index (χ3n) is 2.52. The molecule has 118 valence electrons. The van der Waals surface area contributed by atoms with Crippen LogP contribution in [0.5, 0.6) is 0 Å². The van der Waals surface area contributed by atoms with Crippen LogP contribution in [0, 0.1) is 11.6 Å². The van der Waals surface area contributed by atoms with Crippen molar-refractivity contribution < 1.29 is 23.4 Å². The molecule has 0 aliphatic heterocycles. The fourth-order valence-corrected chi connectivity index (χ4v) is 2.08. The van der Waals surface area contributed by atoms with Gasteiger partial charge in [-0.05, 0) is 30.3 Å². The number of carbonyl (C=O) groups excluding carboxylic acids is 1. The first kappa shape index (κ1) is 18.7. The molecule has 2 rings (SSSR count). The molecule has 0 heterocycles. The number of rotatable bonds is 2. The van der Waals surface area contributed by atoms with E-state index in [0.717, 1.165) is 0 Å². The van der Waals surface area contributed by atoms with E-state index in [0.29, 0.717) is 14.5 Å². The summed E-state index contributed by atoms with van der Waals surface area (Å²) < 4.78 is 31.3. The summed E-state index contributed by atoms with van der Waals surface area (Å²) in [6.45, 7) is -0.251. The van der Waals surface area contributed by atoms with Gasteiger partial charge in [-0.15, -0.1) is 0 Å². The average Bonchev–Trinajstić information content (AvgIpc) is 2.47. The van der Waals surface area contributed by atoms with Crippen molar-refractivity contribution in [3.8, 4) is 0 Å². The predicted octanol–water partition coefficient (Wildman–Crippen LogP) is 4.46. The Bertz CT molecular complexity index is 663. The van der Waals surface area contributed by atoms with Gasteiger partial charge in [0.1, 0.15) is 11.6 Å². The summed E-state index contributed by atoms with van der Waals surface area (Å²) in [5.74, 6) is -1.63. The summed E-state index contributed by atoms with van der Waals surface area (Å²) in [5.41, 5.74) is 0.268. The number of esters is 1. The Morgan fingerprint density at radius 3 is 2.09 bits per heavy atom. The molecule has 0 aliphatic carbocycles. The standard InChI is InChI=1S/C8H6BrFO2.C7H6BrFO/c1-12-8(11)6-3-2-5(9)4-7(6)10;8-6-2-1-5(4-10)7(9)3-6/h2-4H,1H3;1-3,10H,4H2. The smallest absolute Gasteiger partial charge is 0.340 e. The zero-order valence-corrected chi connectivity index (χ0v) is 14.6. The van der Waals surface area contributed by atoms with E-state index in [-0.39, 0.29) is 18.0 Å². The van der Waals surface area contributed by atoms with Crippen molar-refractivity contribution in [3.05, 3.63) is 68.1 Å². The highest BCUT2D eigenvalue weighted by molar-refractivity contribution is 9.10. The van der Waals surface area contributed by atoms with Gasteiger partial charge < -0.3 is 9.84 Å². The van der Waals surface area contributed by atoms with Crippen molar-refractivity contribution in [1.29, 1.82) is 0 Å². The van der Waals surface area contributed by atoms with Crippen LogP contribution in [0.3, 0.4) is 0 Å². The maximum Gasteiger partial charge on any atom is 0.340 e. The number of aliphatic hydroxyl groups is 1. The zero-order valence-electron chi connectivity index (χ0n) is 11.4. The predicted molar refractivity (Wildman–Crippen MR) is 85.5 cm³/mol. The average molecular weight is 438 g/mol. The van der Waals surface area contributed by atoms with Gasteiger partial charge in [-0.1, -0.05) is 37.9 Å². The third-order valence-corrected chi connectivity index (χ3v) is 3.51. The Morgan fingerprint density at radius 2 is 1.64 bits per heavy atom. The molecule has 0 bridgehead atoms. The molecule has 0 aromatic heterocycles. The molecule has 0 saturated heterocycles. The first-order chi connectivity index (χ1) is 10.4. The summed E-state index contributed by atoms with van der Waals surface area (Å²) in [6.07, 6.45) is 0. The molecular weight excluding hydrogens is 426 g/mol. The van der Waals surface area contributed by atoms with E-state index in [4.69, 9.17) is 5.11 Å². The first-order valence-electron chi connectivity index (χ1n) is 5.97. The van der Waals surface area contributed by atoms with Crippen molar-refractivity contribution in [2.45, 2.75) is 6.61 Å². The van der Waals surface area contributed by atoms with Gasteiger partial charge in [0.15, 0.2) is 0 Å². The highest BCUT2D eigenvalue weighted by Crippen LogP contribution is 2.16. The van der Waals surface area contributed by atoms with Crippen LogP contribution in [-0.4, -0.2) is 18.2 Å². The Hall–Kier alpha value is -1.31. The number of carbonyl (C=O) groups is 1. The summed E-state index contributed by atoms with van der Waals surface area (Å²) in [7, 11) is 1.21. The van der Waals surface area contributed by atoms with Gasteiger partial charge in [-0.2, -0.15) is 0 Å². The normalized spacial score (nSPS) is 9.73. The van der Waals surface area contributed by atoms with E-state index in [1.165, 1.54) is 25.3 Å². The largest absolute Gasteiger partial charge is 0.465 e. The molecule has 0 amide bonds. The van der Waals surface area contributed by atoms with Crippen LogP contribution in [0.1, 0.15) is 15.9 Å². The molecule has 0 radical (unpaired) electrons. The molecule has 1 N–H and O–H groups in total. The minimum atomic E-state index is -0.667. The number of aliphatic hydroxyl groups excluding tert-OH is 1. The van der Waals surface area contributed by atoms with E-state index in [9.17, 15) is 13.6 Å². The first-order valence-corrected chi connectivity index (χ1v) is 7.55. The quantitative estimate of drug-likeness (QED) is 0.705. The molecule has 0 fully saturated rings. The molecule has 0 saturated carbocycles. The maximum atomic E-state index is 13.0.